The first-order chi connectivity index (χ1) is 8.74. The number of nitro benzene ring substituents is 1. The first-order valence-electron chi connectivity index (χ1n) is 5.31. The molecule has 0 spiro atoms. The van der Waals surface area contributed by atoms with Gasteiger partial charge in [-0.15, -0.1) is 0 Å². The zero-order valence-corrected chi connectivity index (χ0v) is 12.0. The quantitative estimate of drug-likeness (QED) is 0.514. The van der Waals surface area contributed by atoms with Crippen LogP contribution in [0.25, 0.3) is 0 Å². The summed E-state index contributed by atoms with van der Waals surface area (Å²) in [7, 11) is -3.87. The second kappa shape index (κ2) is 6.14. The van der Waals surface area contributed by atoms with Crippen LogP contribution in [-0.4, -0.2) is 19.9 Å². The Labute approximate surface area is 116 Å². The van der Waals surface area contributed by atoms with E-state index in [1.54, 1.807) is 6.08 Å². The van der Waals surface area contributed by atoms with Gasteiger partial charge in [-0.2, -0.15) is 0 Å². The molecule has 0 heterocycles. The first-order valence-corrected chi connectivity index (χ1v) is 7.17. The summed E-state index contributed by atoms with van der Waals surface area (Å²) in [6, 6.07) is 3.28. The van der Waals surface area contributed by atoms with Crippen molar-refractivity contribution in [3.63, 3.8) is 0 Å². The van der Waals surface area contributed by atoms with Gasteiger partial charge in [-0.05, 0) is 19.9 Å². The van der Waals surface area contributed by atoms with Crippen molar-refractivity contribution < 1.29 is 13.3 Å². The average molecular weight is 305 g/mol. The summed E-state index contributed by atoms with van der Waals surface area (Å²) in [6.07, 6.45) is 1.68. The van der Waals surface area contributed by atoms with Crippen molar-refractivity contribution >= 4 is 27.3 Å². The van der Waals surface area contributed by atoms with Crippen LogP contribution in [0, 0.1) is 10.1 Å². The highest BCUT2D eigenvalue weighted by Gasteiger charge is 2.20. The molecule has 1 aromatic carbocycles. The average Bonchev–Trinajstić information content (AvgIpc) is 2.28. The fourth-order valence-electron chi connectivity index (χ4n) is 1.24. The Morgan fingerprint density at radius 3 is 2.63 bits per heavy atom. The van der Waals surface area contributed by atoms with Crippen LogP contribution in [0.2, 0.25) is 5.02 Å². The molecule has 0 aromatic heterocycles. The van der Waals surface area contributed by atoms with Crippen molar-refractivity contribution in [3.8, 4) is 0 Å². The highest BCUT2D eigenvalue weighted by Crippen LogP contribution is 2.25. The van der Waals surface area contributed by atoms with Crippen LogP contribution < -0.4 is 4.72 Å². The molecule has 1 N–H and O–H groups in total. The van der Waals surface area contributed by atoms with Gasteiger partial charge in [0.15, 0.2) is 0 Å². The van der Waals surface area contributed by atoms with Gasteiger partial charge in [-0.25, -0.2) is 13.1 Å². The fourth-order valence-corrected chi connectivity index (χ4v) is 2.73. The summed E-state index contributed by atoms with van der Waals surface area (Å²) in [4.78, 5) is 9.66. The number of allylic oxidation sites excluding steroid dienone is 1. The predicted octanol–water partition coefficient (Wildman–Crippen LogP) is 2.49. The highest BCUT2D eigenvalue weighted by atomic mass is 35.5. The van der Waals surface area contributed by atoms with Crippen molar-refractivity contribution in [3.05, 3.63) is 45.0 Å². The summed E-state index contributed by atoms with van der Waals surface area (Å²) in [6.45, 7) is 3.76. The standard InChI is InChI=1S/C11H13ClN2O4S/c1-8(2)5-6-13-19(17,18)11-7-9(14(15)16)3-4-10(11)12/h3-5,7,13H,6H2,1-2H3. The van der Waals surface area contributed by atoms with Crippen LogP contribution in [0.5, 0.6) is 0 Å². The summed E-state index contributed by atoms with van der Waals surface area (Å²) in [5.41, 5.74) is 0.625. The Bertz CT molecular complexity index is 622. The maximum absolute atomic E-state index is 12.0. The predicted molar refractivity (Wildman–Crippen MR) is 72.7 cm³/mol. The van der Waals surface area contributed by atoms with Crippen LogP contribution in [-0.2, 0) is 10.0 Å². The lowest BCUT2D eigenvalue weighted by atomic mass is 10.3. The smallest absolute Gasteiger partial charge is 0.258 e. The topological polar surface area (TPSA) is 89.3 Å². The van der Waals surface area contributed by atoms with Crippen LogP contribution in [0.4, 0.5) is 5.69 Å². The van der Waals surface area contributed by atoms with Gasteiger partial charge in [-0.3, -0.25) is 10.1 Å². The molecule has 0 aliphatic carbocycles. The van der Waals surface area contributed by atoms with Gasteiger partial charge in [0.25, 0.3) is 5.69 Å². The molecule has 0 saturated carbocycles. The molecular weight excluding hydrogens is 292 g/mol. The van der Waals surface area contributed by atoms with Crippen LogP contribution in [0.3, 0.4) is 0 Å². The number of hydrogen-bond donors (Lipinski definition) is 1. The van der Waals surface area contributed by atoms with Crippen LogP contribution >= 0.6 is 11.6 Å². The molecular formula is C11H13ClN2O4S. The van der Waals surface area contributed by atoms with E-state index >= 15 is 0 Å². The fraction of sp³-hybridized carbons (Fsp3) is 0.273. The van der Waals surface area contributed by atoms with E-state index in [-0.39, 0.29) is 22.2 Å². The molecule has 0 atom stereocenters. The number of halogens is 1. The van der Waals surface area contributed by atoms with Gasteiger partial charge in [-0.1, -0.05) is 23.3 Å². The van der Waals surface area contributed by atoms with E-state index in [0.717, 1.165) is 17.7 Å². The SMILES string of the molecule is CC(C)=CCNS(=O)(=O)c1cc([N+](=O)[O-])ccc1Cl. The third-order valence-electron chi connectivity index (χ3n) is 2.20. The maximum Gasteiger partial charge on any atom is 0.270 e. The highest BCUT2D eigenvalue weighted by molar-refractivity contribution is 7.89. The molecule has 19 heavy (non-hydrogen) atoms. The summed E-state index contributed by atoms with van der Waals surface area (Å²) >= 11 is 5.77. The molecule has 1 rings (SSSR count). The molecule has 0 aliphatic heterocycles. The summed E-state index contributed by atoms with van der Waals surface area (Å²) < 4.78 is 26.2. The monoisotopic (exact) mass is 304 g/mol. The Morgan fingerprint density at radius 1 is 1.47 bits per heavy atom. The molecule has 0 fully saturated rings. The molecule has 0 radical (unpaired) electrons. The minimum atomic E-state index is -3.87. The van der Waals surface area contributed by atoms with Crippen molar-refractivity contribution in [2.75, 3.05) is 6.54 Å². The number of non-ortho nitro benzene ring substituents is 1. The third kappa shape index (κ3) is 4.30. The van der Waals surface area contributed by atoms with Crippen molar-refractivity contribution in [2.24, 2.45) is 0 Å². The molecule has 1 aromatic rings. The number of rotatable bonds is 5. The van der Waals surface area contributed by atoms with E-state index < -0.39 is 14.9 Å². The zero-order chi connectivity index (χ0) is 14.6. The van der Waals surface area contributed by atoms with E-state index in [1.165, 1.54) is 6.07 Å². The lowest BCUT2D eigenvalue weighted by Gasteiger charge is -2.06. The van der Waals surface area contributed by atoms with Gasteiger partial charge in [0.05, 0.1) is 9.95 Å². The second-order valence-electron chi connectivity index (χ2n) is 4.01. The summed E-state index contributed by atoms with van der Waals surface area (Å²) in [5, 5.41) is 10.6. The largest absolute Gasteiger partial charge is 0.270 e. The lowest BCUT2D eigenvalue weighted by Crippen LogP contribution is -2.24. The minimum absolute atomic E-state index is 0.0599. The van der Waals surface area contributed by atoms with E-state index in [2.05, 4.69) is 4.72 Å². The minimum Gasteiger partial charge on any atom is -0.258 e. The second-order valence-corrected chi connectivity index (χ2v) is 6.15. The zero-order valence-electron chi connectivity index (χ0n) is 10.4. The number of nitrogens with zero attached hydrogens (tertiary/aromatic N) is 1. The first kappa shape index (κ1) is 15.6. The van der Waals surface area contributed by atoms with E-state index in [1.807, 2.05) is 13.8 Å². The number of nitro groups is 1. The van der Waals surface area contributed by atoms with Gasteiger partial charge in [0.1, 0.15) is 4.90 Å². The van der Waals surface area contributed by atoms with Crippen LogP contribution in [0.15, 0.2) is 34.7 Å². The van der Waals surface area contributed by atoms with Crippen molar-refractivity contribution in [2.45, 2.75) is 18.7 Å². The molecule has 104 valence electrons. The van der Waals surface area contributed by atoms with Gasteiger partial charge < -0.3 is 0 Å². The van der Waals surface area contributed by atoms with E-state index in [4.69, 9.17) is 11.6 Å². The molecule has 0 saturated heterocycles. The van der Waals surface area contributed by atoms with Crippen molar-refractivity contribution in [1.82, 2.24) is 4.72 Å². The molecule has 6 nitrogen and oxygen atoms in total. The Balaban J connectivity index is 3.10. The molecule has 0 amide bonds. The van der Waals surface area contributed by atoms with Gasteiger partial charge >= 0.3 is 0 Å². The third-order valence-corrected chi connectivity index (χ3v) is 4.10. The number of benzene rings is 1. The van der Waals surface area contributed by atoms with Crippen LogP contribution in [0.1, 0.15) is 13.8 Å². The molecule has 0 bridgehead atoms. The molecule has 8 heteroatoms. The summed E-state index contributed by atoms with van der Waals surface area (Å²) in [5.74, 6) is 0. The molecule has 0 aliphatic rings. The maximum atomic E-state index is 12.0. The normalized spacial score (nSPS) is 11.1. The number of hydrogen-bond acceptors (Lipinski definition) is 4. The van der Waals surface area contributed by atoms with Gasteiger partial charge in [0, 0.05) is 18.7 Å². The lowest BCUT2D eigenvalue weighted by molar-refractivity contribution is -0.385. The van der Waals surface area contributed by atoms with Crippen molar-refractivity contribution in [1.29, 1.82) is 0 Å². The molecule has 0 unspecified atom stereocenters. The number of nitrogens with one attached hydrogen (secondary N) is 1. The Hall–Kier alpha value is -1.44. The Morgan fingerprint density at radius 2 is 2.11 bits per heavy atom. The van der Waals surface area contributed by atoms with Gasteiger partial charge in [0.2, 0.25) is 10.0 Å². The van der Waals surface area contributed by atoms with E-state index in [9.17, 15) is 18.5 Å². The van der Waals surface area contributed by atoms with E-state index in [0.29, 0.717) is 0 Å². The number of sulfonamides is 1. The Kier molecular flexibility index (Phi) is 5.04.